The van der Waals surface area contributed by atoms with Crippen molar-refractivity contribution in [1.29, 1.82) is 0 Å². The summed E-state index contributed by atoms with van der Waals surface area (Å²) in [7, 11) is 0. The maximum atomic E-state index is 3.53. The zero-order valence-corrected chi connectivity index (χ0v) is 15.9. The number of anilines is 6. The summed E-state index contributed by atoms with van der Waals surface area (Å²) in [6, 6.07) is 33.6. The van der Waals surface area contributed by atoms with Crippen LogP contribution in [0.3, 0.4) is 0 Å². The summed E-state index contributed by atoms with van der Waals surface area (Å²) < 4.78 is 0. The summed E-state index contributed by atoms with van der Waals surface area (Å²) in [5.74, 6) is 0. The fourth-order valence-corrected chi connectivity index (χ4v) is 3.44. The Morgan fingerprint density at radius 2 is 1.14 bits per heavy atom. The molecule has 0 bridgehead atoms. The van der Waals surface area contributed by atoms with Gasteiger partial charge in [-0.25, -0.2) is 0 Å². The molecule has 0 saturated heterocycles. The van der Waals surface area contributed by atoms with E-state index in [1.165, 1.54) is 22.5 Å². The molecule has 3 N–H and O–H groups in total. The number of halogens is 1. The quantitative estimate of drug-likeness (QED) is 0.277. The van der Waals surface area contributed by atoms with Gasteiger partial charge in [0.25, 0.3) is 0 Å². The molecule has 1 aliphatic heterocycles. The Hall–Kier alpha value is -3.79. The minimum Gasteiger partial charge on any atom is -0.356 e. The number of fused-ring (bicyclic) bond motifs is 1. The Balaban J connectivity index is 0.00000205. The highest BCUT2D eigenvalue weighted by atomic mass is 19.0. The van der Waals surface area contributed by atoms with Crippen molar-refractivity contribution in [3.63, 3.8) is 0 Å². The molecule has 4 heteroatoms. The molecule has 0 unspecified atom stereocenters. The standard InChI is InChI=1S/C25H21N3.FH/c1-3-7-18(8-4-1)15-19-16-23(17-24-25(19)28-24)27-22-13-11-21(12-14-22)26-20-9-5-2-6-10-20;/h1-14,16-17,26-28H,15H2;1H. The third-order valence-corrected chi connectivity index (χ3v) is 4.89. The predicted molar refractivity (Wildman–Crippen MR) is 121 cm³/mol. The molecule has 1 heterocycles. The van der Waals surface area contributed by atoms with E-state index < -0.39 is 0 Å². The van der Waals surface area contributed by atoms with Crippen LogP contribution >= 0.6 is 0 Å². The van der Waals surface area contributed by atoms with E-state index in [9.17, 15) is 0 Å². The zero-order chi connectivity index (χ0) is 18.8. The molecule has 4 aromatic carbocycles. The fourth-order valence-electron chi connectivity index (χ4n) is 3.44. The second kappa shape index (κ2) is 8.07. The lowest BCUT2D eigenvalue weighted by molar-refractivity contribution is 1.11. The second-order valence-corrected chi connectivity index (χ2v) is 7.04. The van der Waals surface area contributed by atoms with Gasteiger partial charge in [-0.2, -0.15) is 0 Å². The highest BCUT2D eigenvalue weighted by Gasteiger charge is 2.21. The Morgan fingerprint density at radius 1 is 0.586 bits per heavy atom. The molecule has 0 atom stereocenters. The lowest BCUT2D eigenvalue weighted by Gasteiger charge is -2.10. The van der Waals surface area contributed by atoms with E-state index >= 15 is 0 Å². The number of para-hydroxylation sites is 1. The third-order valence-electron chi connectivity index (χ3n) is 4.89. The van der Waals surface area contributed by atoms with Crippen LogP contribution in [0.1, 0.15) is 11.1 Å². The topological polar surface area (TPSA) is 46.0 Å². The van der Waals surface area contributed by atoms with Crippen molar-refractivity contribution in [2.75, 3.05) is 16.0 Å². The summed E-state index contributed by atoms with van der Waals surface area (Å²) >= 11 is 0. The molecule has 0 spiro atoms. The van der Waals surface area contributed by atoms with Crippen LogP contribution in [0, 0.1) is 0 Å². The molecule has 29 heavy (non-hydrogen) atoms. The van der Waals surface area contributed by atoms with E-state index in [1.54, 1.807) is 0 Å². The first-order valence-electron chi connectivity index (χ1n) is 9.50. The van der Waals surface area contributed by atoms with Crippen molar-refractivity contribution in [2.24, 2.45) is 0 Å². The number of benzene rings is 4. The van der Waals surface area contributed by atoms with Gasteiger partial charge in [-0.1, -0.05) is 48.5 Å². The molecule has 0 amide bonds. The van der Waals surface area contributed by atoms with Gasteiger partial charge in [0.2, 0.25) is 0 Å². The summed E-state index contributed by atoms with van der Waals surface area (Å²) in [6.07, 6.45) is 0.936. The number of rotatable bonds is 6. The van der Waals surface area contributed by atoms with Crippen LogP contribution in [0.25, 0.3) is 0 Å². The normalized spacial score (nSPS) is 10.9. The highest BCUT2D eigenvalue weighted by molar-refractivity contribution is 5.95. The molecule has 4 aromatic rings. The molecular weight excluding hydrogens is 361 g/mol. The van der Waals surface area contributed by atoms with E-state index in [0.717, 1.165) is 29.2 Å². The van der Waals surface area contributed by atoms with Gasteiger partial charge in [0, 0.05) is 22.7 Å². The molecule has 3 nitrogen and oxygen atoms in total. The molecule has 5 rings (SSSR count). The third kappa shape index (κ3) is 4.38. The van der Waals surface area contributed by atoms with Crippen LogP contribution < -0.4 is 16.0 Å². The lowest BCUT2D eigenvalue weighted by Crippen LogP contribution is -1.93. The van der Waals surface area contributed by atoms with Crippen molar-refractivity contribution in [3.8, 4) is 0 Å². The van der Waals surface area contributed by atoms with Crippen LogP contribution in [0.15, 0.2) is 97.1 Å². The SMILES string of the molecule is F.c1ccc(Cc2cc(Nc3ccc(Nc4ccccc4)cc3)cc3c2N3)cc1. The van der Waals surface area contributed by atoms with E-state index in [2.05, 4.69) is 94.8 Å². The average Bonchev–Trinajstić information content (AvgIpc) is 3.51. The average molecular weight is 383 g/mol. The maximum Gasteiger partial charge on any atom is 0.0661 e. The molecule has 144 valence electrons. The van der Waals surface area contributed by atoms with Crippen LogP contribution in [-0.4, -0.2) is 0 Å². The van der Waals surface area contributed by atoms with Crippen LogP contribution in [0.2, 0.25) is 0 Å². The van der Waals surface area contributed by atoms with Gasteiger partial charge >= 0.3 is 0 Å². The minimum atomic E-state index is 0. The molecular formula is C25H22FN3. The lowest BCUT2D eigenvalue weighted by atomic mass is 10.0. The van der Waals surface area contributed by atoms with Gasteiger partial charge in [-0.05, 0) is 66.1 Å². The van der Waals surface area contributed by atoms with Gasteiger partial charge in [0.05, 0.1) is 11.4 Å². The van der Waals surface area contributed by atoms with Gasteiger partial charge in [-0.3, -0.25) is 4.70 Å². The van der Waals surface area contributed by atoms with E-state index in [1.807, 2.05) is 18.2 Å². The van der Waals surface area contributed by atoms with Crippen molar-refractivity contribution in [3.05, 3.63) is 108 Å². The summed E-state index contributed by atoms with van der Waals surface area (Å²) in [6.45, 7) is 0. The fraction of sp³-hybridized carbons (Fsp3) is 0.0400. The molecule has 0 fully saturated rings. The zero-order valence-electron chi connectivity index (χ0n) is 15.9. The number of nitrogens with one attached hydrogen (secondary N) is 3. The highest BCUT2D eigenvalue weighted by Crippen LogP contribution is 2.45. The van der Waals surface area contributed by atoms with Crippen molar-refractivity contribution in [1.82, 2.24) is 0 Å². The van der Waals surface area contributed by atoms with Crippen molar-refractivity contribution >= 4 is 34.1 Å². The van der Waals surface area contributed by atoms with Crippen molar-refractivity contribution < 1.29 is 4.70 Å². The maximum absolute atomic E-state index is 3.53. The first-order valence-corrected chi connectivity index (χ1v) is 9.50. The second-order valence-electron chi connectivity index (χ2n) is 7.04. The number of hydrogen-bond acceptors (Lipinski definition) is 3. The van der Waals surface area contributed by atoms with Crippen LogP contribution in [-0.2, 0) is 6.42 Å². The van der Waals surface area contributed by atoms with Crippen LogP contribution in [0.5, 0.6) is 0 Å². The predicted octanol–water partition coefficient (Wildman–Crippen LogP) is 6.97. The van der Waals surface area contributed by atoms with E-state index in [0.29, 0.717) is 0 Å². The largest absolute Gasteiger partial charge is 0.356 e. The molecule has 0 aliphatic carbocycles. The van der Waals surface area contributed by atoms with E-state index in [-0.39, 0.29) is 4.70 Å². The Kier molecular flexibility index (Phi) is 5.16. The molecule has 0 aromatic heterocycles. The van der Waals surface area contributed by atoms with Gasteiger partial charge in [0.15, 0.2) is 0 Å². The van der Waals surface area contributed by atoms with Crippen molar-refractivity contribution in [2.45, 2.75) is 6.42 Å². The monoisotopic (exact) mass is 383 g/mol. The Morgan fingerprint density at radius 3 is 1.79 bits per heavy atom. The minimum absolute atomic E-state index is 0. The first kappa shape index (κ1) is 18.6. The smallest absolute Gasteiger partial charge is 0.0661 e. The summed E-state index contributed by atoms with van der Waals surface area (Å²) in [4.78, 5) is 0. The van der Waals surface area contributed by atoms with Gasteiger partial charge in [0.1, 0.15) is 0 Å². The molecule has 0 saturated carbocycles. The molecule has 0 radical (unpaired) electrons. The Labute approximate surface area is 169 Å². The number of hydrogen-bond donors (Lipinski definition) is 3. The van der Waals surface area contributed by atoms with Gasteiger partial charge in [-0.15, -0.1) is 0 Å². The summed E-state index contributed by atoms with van der Waals surface area (Å²) in [5, 5.41) is 10.3. The van der Waals surface area contributed by atoms with E-state index in [4.69, 9.17) is 0 Å². The Bertz CT molecular complexity index is 1090. The summed E-state index contributed by atoms with van der Waals surface area (Å²) in [5.41, 5.74) is 9.49. The van der Waals surface area contributed by atoms with Gasteiger partial charge < -0.3 is 16.0 Å². The molecule has 1 aliphatic rings. The first-order chi connectivity index (χ1) is 13.8. The van der Waals surface area contributed by atoms with Crippen LogP contribution in [0.4, 0.5) is 38.8 Å².